The Morgan fingerprint density at radius 1 is 0.971 bits per heavy atom. The molecule has 7 nitrogen and oxygen atoms in total. The van der Waals surface area contributed by atoms with Crippen LogP contribution in [0.3, 0.4) is 0 Å². The van der Waals surface area contributed by atoms with Gasteiger partial charge in [-0.3, -0.25) is 9.62 Å². The Hall–Kier alpha value is -2.58. The number of aromatic carboxylic acids is 1. The number of rotatable bonds is 7. The molecule has 0 atom stereocenters. The van der Waals surface area contributed by atoms with Gasteiger partial charge in [0.05, 0.1) is 21.8 Å². The molecule has 2 aromatic rings. The highest BCUT2D eigenvalue weighted by molar-refractivity contribution is 7.92. The Balaban J connectivity index is 1.55. The standard InChI is InChI=1S/C26H35N3O4S/c1-19(2)20-8-11-23(12-9-20)34(32,33)27-24-18-21(26(30)31)10-13-25(24)29-16-14-28(15-17-29)22-6-4-3-5-7-22/h8-13,18-19,22,27H,3-7,14-17H2,1-2H3,(H,30,31). The third-order valence-electron chi connectivity index (χ3n) is 7.09. The zero-order chi connectivity index (χ0) is 24.3. The molecule has 0 bridgehead atoms. The summed E-state index contributed by atoms with van der Waals surface area (Å²) in [5.41, 5.74) is 2.13. The Bertz CT molecular complexity index is 1100. The van der Waals surface area contributed by atoms with Crippen LogP contribution in [0.5, 0.6) is 0 Å². The van der Waals surface area contributed by atoms with E-state index in [1.54, 1.807) is 24.3 Å². The molecule has 1 saturated carbocycles. The Kier molecular flexibility index (Phi) is 7.48. The highest BCUT2D eigenvalue weighted by Crippen LogP contribution is 2.32. The molecule has 2 aromatic carbocycles. The average Bonchev–Trinajstić information content (AvgIpc) is 2.84. The van der Waals surface area contributed by atoms with E-state index in [1.807, 2.05) is 12.1 Å². The van der Waals surface area contributed by atoms with Crippen LogP contribution in [0.4, 0.5) is 11.4 Å². The number of carboxylic acid groups (broad SMARTS) is 1. The number of hydrogen-bond donors (Lipinski definition) is 2. The lowest BCUT2D eigenvalue weighted by molar-refractivity contribution is 0.0697. The maximum Gasteiger partial charge on any atom is 0.335 e. The molecule has 0 radical (unpaired) electrons. The van der Waals surface area contributed by atoms with E-state index in [2.05, 4.69) is 28.4 Å². The van der Waals surface area contributed by atoms with Gasteiger partial charge in [-0.2, -0.15) is 0 Å². The summed E-state index contributed by atoms with van der Waals surface area (Å²) in [6, 6.07) is 12.2. The van der Waals surface area contributed by atoms with Gasteiger partial charge in [-0.15, -0.1) is 0 Å². The molecule has 2 N–H and O–H groups in total. The van der Waals surface area contributed by atoms with Crippen molar-refractivity contribution in [3.8, 4) is 0 Å². The maximum atomic E-state index is 13.2. The van der Waals surface area contributed by atoms with E-state index >= 15 is 0 Å². The SMILES string of the molecule is CC(C)c1ccc(S(=O)(=O)Nc2cc(C(=O)O)ccc2N2CCN(C3CCCCC3)CC2)cc1. The van der Waals surface area contributed by atoms with Gasteiger partial charge >= 0.3 is 5.97 Å². The van der Waals surface area contributed by atoms with E-state index in [1.165, 1.54) is 38.2 Å². The van der Waals surface area contributed by atoms with Crippen LogP contribution in [-0.4, -0.2) is 56.6 Å². The number of nitrogens with one attached hydrogen (secondary N) is 1. The van der Waals surface area contributed by atoms with Crippen LogP contribution in [0.25, 0.3) is 0 Å². The van der Waals surface area contributed by atoms with Gasteiger partial charge in [0.25, 0.3) is 10.0 Å². The topological polar surface area (TPSA) is 89.9 Å². The summed E-state index contributed by atoms with van der Waals surface area (Å²) in [4.78, 5) is 16.5. The number of hydrogen-bond acceptors (Lipinski definition) is 5. The number of piperazine rings is 1. The molecule has 1 aliphatic heterocycles. The first-order valence-corrected chi connectivity index (χ1v) is 13.7. The predicted octanol–water partition coefficient (Wildman–Crippen LogP) is 4.76. The lowest BCUT2D eigenvalue weighted by Gasteiger charge is -2.42. The average molecular weight is 486 g/mol. The highest BCUT2D eigenvalue weighted by atomic mass is 32.2. The summed E-state index contributed by atoms with van der Waals surface area (Å²) in [6.07, 6.45) is 6.44. The first-order chi connectivity index (χ1) is 16.2. The molecule has 184 valence electrons. The largest absolute Gasteiger partial charge is 0.478 e. The highest BCUT2D eigenvalue weighted by Gasteiger charge is 2.27. The number of carboxylic acids is 1. The smallest absolute Gasteiger partial charge is 0.335 e. The lowest BCUT2D eigenvalue weighted by atomic mass is 9.94. The first-order valence-electron chi connectivity index (χ1n) is 12.2. The monoisotopic (exact) mass is 485 g/mol. The number of nitrogens with zero attached hydrogens (tertiary/aromatic N) is 2. The normalized spacial score (nSPS) is 18.3. The number of carbonyl (C=O) groups is 1. The minimum Gasteiger partial charge on any atom is -0.478 e. The van der Waals surface area contributed by atoms with Crippen molar-refractivity contribution in [1.82, 2.24) is 4.90 Å². The van der Waals surface area contributed by atoms with Crippen LogP contribution >= 0.6 is 0 Å². The van der Waals surface area contributed by atoms with Crippen molar-refractivity contribution in [1.29, 1.82) is 0 Å². The van der Waals surface area contributed by atoms with Gasteiger partial charge < -0.3 is 10.0 Å². The van der Waals surface area contributed by atoms with Crippen LogP contribution < -0.4 is 9.62 Å². The van der Waals surface area contributed by atoms with Crippen molar-refractivity contribution in [3.05, 3.63) is 53.6 Å². The minimum atomic E-state index is -3.87. The zero-order valence-electron chi connectivity index (χ0n) is 20.0. The van der Waals surface area contributed by atoms with E-state index in [-0.39, 0.29) is 10.5 Å². The molecule has 1 heterocycles. The summed E-state index contributed by atoms with van der Waals surface area (Å²) in [5, 5.41) is 9.49. The molecule has 8 heteroatoms. The van der Waals surface area contributed by atoms with Crippen molar-refractivity contribution >= 4 is 27.4 Å². The fraction of sp³-hybridized carbons (Fsp3) is 0.500. The lowest BCUT2D eigenvalue weighted by Crippen LogP contribution is -2.51. The van der Waals surface area contributed by atoms with E-state index in [9.17, 15) is 18.3 Å². The van der Waals surface area contributed by atoms with E-state index < -0.39 is 16.0 Å². The van der Waals surface area contributed by atoms with E-state index in [4.69, 9.17) is 0 Å². The maximum absolute atomic E-state index is 13.2. The third-order valence-corrected chi connectivity index (χ3v) is 8.47. The first kappa shape index (κ1) is 24.5. The van der Waals surface area contributed by atoms with Crippen LogP contribution in [0.15, 0.2) is 47.4 Å². The summed E-state index contributed by atoms with van der Waals surface area (Å²) in [5.74, 6) is -0.786. The van der Waals surface area contributed by atoms with Crippen molar-refractivity contribution in [2.24, 2.45) is 0 Å². The van der Waals surface area contributed by atoms with Gasteiger partial charge in [-0.1, -0.05) is 45.2 Å². The van der Waals surface area contributed by atoms with Crippen LogP contribution in [0.2, 0.25) is 0 Å². The summed E-state index contributed by atoms with van der Waals surface area (Å²) in [6.45, 7) is 7.52. The predicted molar refractivity (Wildman–Crippen MR) is 135 cm³/mol. The minimum absolute atomic E-state index is 0.0532. The zero-order valence-corrected chi connectivity index (χ0v) is 20.9. The summed E-state index contributed by atoms with van der Waals surface area (Å²) in [7, 11) is -3.87. The molecule has 1 saturated heterocycles. The molecule has 1 aliphatic carbocycles. The van der Waals surface area contributed by atoms with Crippen molar-refractivity contribution in [3.63, 3.8) is 0 Å². The Morgan fingerprint density at radius 2 is 1.62 bits per heavy atom. The van der Waals surface area contributed by atoms with Gasteiger partial charge in [0, 0.05) is 32.2 Å². The van der Waals surface area contributed by atoms with Gasteiger partial charge in [0.2, 0.25) is 0 Å². The molecule has 0 amide bonds. The number of sulfonamides is 1. The summed E-state index contributed by atoms with van der Waals surface area (Å²) < 4.78 is 29.0. The second-order valence-corrected chi connectivity index (χ2v) is 11.4. The Morgan fingerprint density at radius 3 is 2.21 bits per heavy atom. The van der Waals surface area contributed by atoms with Crippen molar-refractivity contribution in [2.45, 2.75) is 62.8 Å². The molecular formula is C26H35N3O4S. The van der Waals surface area contributed by atoms with Gasteiger partial charge in [-0.05, 0) is 54.7 Å². The second-order valence-electron chi connectivity index (χ2n) is 9.68. The molecule has 0 spiro atoms. The fourth-order valence-corrected chi connectivity index (χ4v) is 6.10. The third kappa shape index (κ3) is 5.55. The Labute approximate surface area is 202 Å². The van der Waals surface area contributed by atoms with Gasteiger partial charge in [-0.25, -0.2) is 13.2 Å². The van der Waals surface area contributed by atoms with E-state index in [0.29, 0.717) is 17.6 Å². The summed E-state index contributed by atoms with van der Waals surface area (Å²) >= 11 is 0. The molecule has 2 aliphatic rings. The van der Waals surface area contributed by atoms with Crippen molar-refractivity contribution in [2.75, 3.05) is 35.8 Å². The van der Waals surface area contributed by atoms with E-state index in [0.717, 1.165) is 37.4 Å². The molecule has 0 unspecified atom stereocenters. The number of benzene rings is 2. The molecule has 34 heavy (non-hydrogen) atoms. The second kappa shape index (κ2) is 10.4. The molecule has 0 aromatic heterocycles. The van der Waals surface area contributed by atoms with Gasteiger partial charge in [0.15, 0.2) is 0 Å². The number of anilines is 2. The van der Waals surface area contributed by atoms with Gasteiger partial charge in [0.1, 0.15) is 0 Å². The fourth-order valence-electron chi connectivity index (χ4n) is 5.04. The van der Waals surface area contributed by atoms with Crippen LogP contribution in [0.1, 0.15) is 67.8 Å². The van der Waals surface area contributed by atoms with Crippen LogP contribution in [0, 0.1) is 0 Å². The quantitative estimate of drug-likeness (QED) is 0.588. The van der Waals surface area contributed by atoms with Crippen molar-refractivity contribution < 1.29 is 18.3 Å². The molecule has 2 fully saturated rings. The molecular weight excluding hydrogens is 450 g/mol. The van der Waals surface area contributed by atoms with Crippen LogP contribution in [-0.2, 0) is 10.0 Å². The molecule has 4 rings (SSSR count).